The van der Waals surface area contributed by atoms with Crippen LogP contribution in [0.15, 0.2) is 10.1 Å². The van der Waals surface area contributed by atoms with Gasteiger partial charge in [-0.2, -0.15) is 5.26 Å². The highest BCUT2D eigenvalue weighted by molar-refractivity contribution is 7.98. The summed E-state index contributed by atoms with van der Waals surface area (Å²) >= 11 is 1.49. The van der Waals surface area contributed by atoms with Crippen LogP contribution in [0.4, 0.5) is 5.82 Å². The number of nitrogens with zero attached hydrogens (tertiary/aromatic N) is 5. The fraction of sp³-hybridized carbons (Fsp3) is 0.444. The van der Waals surface area contributed by atoms with Crippen molar-refractivity contribution < 1.29 is 0 Å². The maximum atomic E-state index is 8.89. The predicted octanol–water partition coefficient (Wildman–Crippen LogP) is 1.24. The predicted molar refractivity (Wildman–Crippen MR) is 61.5 cm³/mol. The normalized spacial score (nSPS) is 10.6. The molecule has 1 aromatic heterocycles. The Kier molecular flexibility index (Phi) is 3.74. The lowest BCUT2D eigenvalue weighted by atomic mass is 10.5. The minimum absolute atomic E-state index is 0.361. The van der Waals surface area contributed by atoms with Crippen LogP contribution in [0, 0.1) is 11.3 Å². The van der Waals surface area contributed by atoms with Gasteiger partial charge in [-0.05, 0) is 6.26 Å². The lowest BCUT2D eigenvalue weighted by molar-refractivity contribution is 0.642. The quantitative estimate of drug-likeness (QED) is 0.439. The molecule has 0 saturated carbocycles. The molecule has 0 aliphatic rings. The molecule has 0 unspecified atom stereocenters. The fourth-order valence-corrected chi connectivity index (χ4v) is 1.59. The van der Waals surface area contributed by atoms with Crippen molar-refractivity contribution in [2.24, 2.45) is 12.0 Å². The van der Waals surface area contributed by atoms with E-state index in [-0.39, 0.29) is 0 Å². The summed E-state index contributed by atoms with van der Waals surface area (Å²) in [7, 11) is 5.60. The van der Waals surface area contributed by atoms with Gasteiger partial charge in [-0.25, -0.2) is 9.98 Å². The Balaban J connectivity index is 3.16. The first-order valence-electron chi connectivity index (χ1n) is 4.31. The average Bonchev–Trinajstić information content (AvgIpc) is 2.51. The number of rotatable bonds is 3. The summed E-state index contributed by atoms with van der Waals surface area (Å²) in [6.07, 6.45) is 3.57. The summed E-state index contributed by atoms with van der Waals surface area (Å²) in [5.74, 6) is 0.593. The summed E-state index contributed by atoms with van der Waals surface area (Å²) in [5.41, 5.74) is 0.361. The molecule has 15 heavy (non-hydrogen) atoms. The van der Waals surface area contributed by atoms with Gasteiger partial charge in [0, 0.05) is 21.1 Å². The molecule has 0 bridgehead atoms. The van der Waals surface area contributed by atoms with Gasteiger partial charge in [-0.15, -0.1) is 0 Å². The van der Waals surface area contributed by atoms with E-state index in [1.54, 1.807) is 6.34 Å². The van der Waals surface area contributed by atoms with Crippen LogP contribution >= 0.6 is 11.8 Å². The van der Waals surface area contributed by atoms with Crippen LogP contribution in [0.2, 0.25) is 0 Å². The highest BCUT2D eigenvalue weighted by Crippen LogP contribution is 2.23. The van der Waals surface area contributed by atoms with Gasteiger partial charge in [0.15, 0.2) is 16.7 Å². The summed E-state index contributed by atoms with van der Waals surface area (Å²) in [5, 5.41) is 9.68. The molecule has 0 spiro atoms. The van der Waals surface area contributed by atoms with Gasteiger partial charge in [0.05, 0.1) is 6.34 Å². The van der Waals surface area contributed by atoms with Crippen molar-refractivity contribution in [3.63, 3.8) is 0 Å². The molecule has 0 saturated heterocycles. The maximum Gasteiger partial charge on any atom is 0.186 e. The van der Waals surface area contributed by atoms with Gasteiger partial charge < -0.3 is 9.47 Å². The molecule has 1 heterocycles. The third kappa shape index (κ3) is 2.50. The first-order valence-corrected chi connectivity index (χ1v) is 5.54. The molecular weight excluding hydrogens is 210 g/mol. The summed E-state index contributed by atoms with van der Waals surface area (Å²) < 4.78 is 1.81. The number of hydrogen-bond donors (Lipinski definition) is 0. The number of imidazole rings is 1. The van der Waals surface area contributed by atoms with Crippen LogP contribution in [0.1, 0.15) is 5.69 Å². The number of aromatic nitrogens is 2. The minimum atomic E-state index is 0.361. The van der Waals surface area contributed by atoms with E-state index < -0.39 is 0 Å². The van der Waals surface area contributed by atoms with E-state index in [1.165, 1.54) is 11.8 Å². The topological polar surface area (TPSA) is 57.2 Å². The second-order valence-corrected chi connectivity index (χ2v) is 3.92. The summed E-state index contributed by atoms with van der Waals surface area (Å²) in [6, 6.07) is 2.04. The molecule has 0 atom stereocenters. The SMILES string of the molecule is CSc1nc(C#N)c(/N=C/N(C)C)n1C. The van der Waals surface area contributed by atoms with E-state index in [0.717, 1.165) is 5.16 Å². The number of nitriles is 1. The number of hydrogen-bond acceptors (Lipinski definition) is 4. The Bertz CT molecular complexity index is 413. The highest BCUT2D eigenvalue weighted by Gasteiger charge is 2.12. The van der Waals surface area contributed by atoms with Crippen molar-refractivity contribution in [1.29, 1.82) is 5.26 Å². The zero-order valence-electron chi connectivity index (χ0n) is 9.22. The molecule has 0 fully saturated rings. The van der Waals surface area contributed by atoms with Gasteiger partial charge in [0.25, 0.3) is 0 Å². The first-order chi connectivity index (χ1) is 7.10. The van der Waals surface area contributed by atoms with Crippen molar-refractivity contribution in [1.82, 2.24) is 14.5 Å². The largest absolute Gasteiger partial charge is 0.369 e. The Morgan fingerprint density at radius 1 is 1.60 bits per heavy atom. The number of aliphatic imine (C=N–C) groups is 1. The molecule has 0 aliphatic heterocycles. The lowest BCUT2D eigenvalue weighted by Gasteiger charge is -2.03. The second-order valence-electron chi connectivity index (χ2n) is 3.15. The van der Waals surface area contributed by atoms with Gasteiger partial charge in [0.2, 0.25) is 0 Å². The van der Waals surface area contributed by atoms with Crippen LogP contribution in [0.5, 0.6) is 0 Å². The molecule has 0 aromatic carbocycles. The van der Waals surface area contributed by atoms with Crippen molar-refractivity contribution in [3.05, 3.63) is 5.69 Å². The van der Waals surface area contributed by atoms with Crippen molar-refractivity contribution >= 4 is 23.9 Å². The second kappa shape index (κ2) is 4.84. The van der Waals surface area contributed by atoms with E-state index >= 15 is 0 Å². The lowest BCUT2D eigenvalue weighted by Crippen LogP contribution is -2.07. The molecule has 80 valence electrons. The standard InChI is InChI=1S/C9H13N5S/c1-13(2)6-11-8-7(5-10)12-9(15-4)14(8)3/h6H,1-4H3/b11-6+. The Hall–Kier alpha value is -1.48. The van der Waals surface area contributed by atoms with Crippen molar-refractivity contribution in [2.75, 3.05) is 20.4 Å². The molecule has 1 aromatic rings. The molecule has 0 N–H and O–H groups in total. The van der Waals surface area contributed by atoms with Gasteiger partial charge in [-0.1, -0.05) is 11.8 Å². The molecule has 0 radical (unpaired) electrons. The van der Waals surface area contributed by atoms with E-state index in [9.17, 15) is 0 Å². The van der Waals surface area contributed by atoms with Gasteiger partial charge in [-0.3, -0.25) is 0 Å². The monoisotopic (exact) mass is 223 g/mol. The van der Waals surface area contributed by atoms with Crippen molar-refractivity contribution in [3.8, 4) is 6.07 Å². The molecule has 1 rings (SSSR count). The fourth-order valence-electron chi connectivity index (χ4n) is 1.05. The molecule has 0 aliphatic carbocycles. The van der Waals surface area contributed by atoms with E-state index in [0.29, 0.717) is 11.5 Å². The third-order valence-electron chi connectivity index (χ3n) is 1.72. The van der Waals surface area contributed by atoms with Crippen LogP contribution in [0.3, 0.4) is 0 Å². The Labute approximate surface area is 93.4 Å². The molecule has 0 amide bonds. The zero-order valence-corrected chi connectivity index (χ0v) is 10.0. The molecular formula is C9H13N5S. The van der Waals surface area contributed by atoms with Crippen LogP contribution in [0.25, 0.3) is 0 Å². The van der Waals surface area contributed by atoms with E-state index in [4.69, 9.17) is 5.26 Å². The maximum absolute atomic E-state index is 8.89. The first kappa shape index (κ1) is 11.6. The van der Waals surface area contributed by atoms with Gasteiger partial charge in [0.1, 0.15) is 6.07 Å². The summed E-state index contributed by atoms with van der Waals surface area (Å²) in [4.78, 5) is 10.2. The van der Waals surface area contributed by atoms with Crippen LogP contribution < -0.4 is 0 Å². The number of thioether (sulfide) groups is 1. The highest BCUT2D eigenvalue weighted by atomic mass is 32.2. The smallest absolute Gasteiger partial charge is 0.186 e. The molecule has 5 nitrogen and oxygen atoms in total. The van der Waals surface area contributed by atoms with E-state index in [1.807, 2.05) is 42.9 Å². The van der Waals surface area contributed by atoms with E-state index in [2.05, 4.69) is 9.98 Å². The van der Waals surface area contributed by atoms with Gasteiger partial charge >= 0.3 is 0 Å². The minimum Gasteiger partial charge on any atom is -0.369 e. The average molecular weight is 223 g/mol. The zero-order chi connectivity index (χ0) is 11.4. The van der Waals surface area contributed by atoms with Crippen molar-refractivity contribution in [2.45, 2.75) is 5.16 Å². The Morgan fingerprint density at radius 2 is 2.27 bits per heavy atom. The van der Waals surface area contributed by atoms with Crippen LogP contribution in [-0.4, -0.2) is 41.1 Å². The molecule has 6 heteroatoms. The Morgan fingerprint density at radius 3 is 2.73 bits per heavy atom. The third-order valence-corrected chi connectivity index (χ3v) is 2.45. The summed E-state index contributed by atoms with van der Waals surface area (Å²) in [6.45, 7) is 0. The van der Waals surface area contributed by atoms with Crippen LogP contribution in [-0.2, 0) is 7.05 Å².